The molecule has 0 radical (unpaired) electrons. The van der Waals surface area contributed by atoms with Gasteiger partial charge in [0, 0.05) is 0 Å². The molecule has 0 bridgehead atoms. The molecule has 1 aromatic carbocycles. The van der Waals surface area contributed by atoms with Crippen LogP contribution in [0.1, 0.15) is 245 Å². The molecule has 0 atom stereocenters. The molecule has 2 rings (SSSR count). The lowest BCUT2D eigenvalue weighted by molar-refractivity contribution is 0.199. The van der Waals surface area contributed by atoms with Gasteiger partial charge >= 0.3 is 0 Å². The molecule has 1 aromatic heterocycles. The van der Waals surface area contributed by atoms with Gasteiger partial charge in [-0.3, -0.25) is 4.90 Å². The van der Waals surface area contributed by atoms with Crippen LogP contribution in [0.5, 0.6) is 0 Å². The maximum absolute atomic E-state index is 4.52. The van der Waals surface area contributed by atoms with E-state index in [9.17, 15) is 0 Å². The summed E-state index contributed by atoms with van der Waals surface area (Å²) in [4.78, 5) is 2.65. The molecular formula is C47H88N4. The fourth-order valence-electron chi connectivity index (χ4n) is 7.94. The highest BCUT2D eigenvalue weighted by atomic mass is 15.5. The lowest BCUT2D eigenvalue weighted by Gasteiger charge is -2.22. The van der Waals surface area contributed by atoms with Crippen LogP contribution in [-0.2, 0) is 6.67 Å². The number of benzene rings is 1. The molecular weight excluding hydrogens is 621 g/mol. The van der Waals surface area contributed by atoms with Gasteiger partial charge in [-0.2, -0.15) is 0 Å². The minimum absolute atomic E-state index is 0.873. The van der Waals surface area contributed by atoms with Gasteiger partial charge in [0.05, 0.1) is 12.2 Å². The van der Waals surface area contributed by atoms with E-state index in [4.69, 9.17) is 0 Å². The van der Waals surface area contributed by atoms with Crippen molar-refractivity contribution < 1.29 is 0 Å². The van der Waals surface area contributed by atoms with Crippen LogP contribution in [0.3, 0.4) is 0 Å². The van der Waals surface area contributed by atoms with Crippen LogP contribution in [0.15, 0.2) is 24.3 Å². The smallest absolute Gasteiger partial charge is 0.113 e. The van der Waals surface area contributed by atoms with E-state index in [2.05, 4.69) is 58.0 Å². The number of para-hydroxylation sites is 1. The van der Waals surface area contributed by atoms with Crippen molar-refractivity contribution in [2.45, 2.75) is 252 Å². The Kier molecular flexibility index (Phi) is 31.9. The molecule has 0 N–H and O–H groups in total. The summed E-state index contributed by atoms with van der Waals surface area (Å²) in [6.07, 6.45) is 51.6. The van der Waals surface area contributed by atoms with Crippen molar-refractivity contribution in [2.24, 2.45) is 0 Å². The molecule has 296 valence electrons. The van der Waals surface area contributed by atoms with Crippen LogP contribution in [0.2, 0.25) is 0 Å². The van der Waals surface area contributed by atoms with Gasteiger partial charge < -0.3 is 0 Å². The van der Waals surface area contributed by atoms with Gasteiger partial charge in [0.15, 0.2) is 0 Å². The number of rotatable bonds is 40. The third kappa shape index (κ3) is 26.9. The Labute approximate surface area is 319 Å². The van der Waals surface area contributed by atoms with Crippen molar-refractivity contribution in [1.29, 1.82) is 0 Å². The Morgan fingerprint density at radius 2 is 0.686 bits per heavy atom. The van der Waals surface area contributed by atoms with Crippen molar-refractivity contribution in [2.75, 3.05) is 13.1 Å². The first-order valence-electron chi connectivity index (χ1n) is 23.4. The van der Waals surface area contributed by atoms with Crippen molar-refractivity contribution in [3.8, 4) is 0 Å². The predicted molar refractivity (Wildman–Crippen MR) is 227 cm³/mol. The third-order valence-electron chi connectivity index (χ3n) is 11.4. The summed E-state index contributed by atoms with van der Waals surface area (Å²) in [7, 11) is 0. The van der Waals surface area contributed by atoms with E-state index in [-0.39, 0.29) is 0 Å². The maximum atomic E-state index is 4.52. The quantitative estimate of drug-likeness (QED) is 0.0646. The van der Waals surface area contributed by atoms with E-state index in [1.807, 2.05) is 0 Å². The molecule has 0 aliphatic rings. The van der Waals surface area contributed by atoms with Gasteiger partial charge in [-0.05, 0) is 38.1 Å². The molecule has 0 aliphatic heterocycles. The van der Waals surface area contributed by atoms with Crippen LogP contribution in [0.4, 0.5) is 0 Å². The average molecular weight is 709 g/mol. The lowest BCUT2D eigenvalue weighted by Crippen LogP contribution is -2.29. The number of aromatic nitrogens is 3. The van der Waals surface area contributed by atoms with Crippen molar-refractivity contribution >= 4 is 11.0 Å². The molecule has 0 fully saturated rings. The van der Waals surface area contributed by atoms with E-state index < -0.39 is 0 Å². The van der Waals surface area contributed by atoms with Crippen molar-refractivity contribution in [3.05, 3.63) is 24.3 Å². The van der Waals surface area contributed by atoms with Gasteiger partial charge in [0.2, 0.25) is 0 Å². The Hall–Kier alpha value is -1.42. The zero-order chi connectivity index (χ0) is 36.1. The average Bonchev–Trinajstić information content (AvgIpc) is 3.56. The second-order valence-corrected chi connectivity index (χ2v) is 16.4. The van der Waals surface area contributed by atoms with Crippen LogP contribution < -0.4 is 0 Å². The summed E-state index contributed by atoms with van der Waals surface area (Å²) < 4.78 is 2.12. The van der Waals surface area contributed by atoms with Gasteiger partial charge in [0.25, 0.3) is 0 Å². The maximum Gasteiger partial charge on any atom is 0.113 e. The Balaban J connectivity index is 1.46. The molecule has 0 spiro atoms. The normalized spacial score (nSPS) is 11.8. The van der Waals surface area contributed by atoms with Crippen molar-refractivity contribution in [3.63, 3.8) is 0 Å². The fraction of sp³-hybridized carbons (Fsp3) is 0.872. The van der Waals surface area contributed by atoms with E-state index in [0.29, 0.717) is 0 Å². The second kappa shape index (κ2) is 35.6. The Morgan fingerprint density at radius 1 is 0.392 bits per heavy atom. The minimum atomic E-state index is 0.873. The van der Waals surface area contributed by atoms with Gasteiger partial charge in [-0.15, -0.1) is 5.10 Å². The first kappa shape index (κ1) is 45.7. The minimum Gasteiger partial charge on any atom is -0.284 e. The van der Waals surface area contributed by atoms with Crippen LogP contribution in [0, 0.1) is 0 Å². The molecule has 0 saturated heterocycles. The van der Waals surface area contributed by atoms with Crippen molar-refractivity contribution in [1.82, 2.24) is 19.9 Å². The number of hydrogen-bond donors (Lipinski definition) is 0. The topological polar surface area (TPSA) is 34.0 Å². The number of unbranched alkanes of at least 4 members (excludes halogenated alkanes) is 34. The molecule has 0 amide bonds. The summed E-state index contributed by atoms with van der Waals surface area (Å²) in [5.74, 6) is 0. The molecule has 4 nitrogen and oxygen atoms in total. The first-order valence-corrected chi connectivity index (χ1v) is 23.4. The fourth-order valence-corrected chi connectivity index (χ4v) is 7.94. The standard InChI is InChI=1S/C47H88N4/c1-3-5-7-9-11-13-15-17-19-21-23-25-27-29-31-33-35-39-43-50(45-51-47-42-38-37-41-46(47)48-49-51)44-40-36-34-32-30-28-26-24-22-20-18-16-14-12-10-8-6-4-2/h37-38,41-42H,3-36,39-40,43-45H2,1-2H3. The van der Waals surface area contributed by atoms with Gasteiger partial charge in [-0.1, -0.05) is 250 Å². The molecule has 51 heavy (non-hydrogen) atoms. The molecule has 0 unspecified atom stereocenters. The molecule has 0 aliphatic carbocycles. The predicted octanol–water partition coefficient (Wildman–Crippen LogP) is 15.8. The SMILES string of the molecule is CCCCCCCCCCCCCCCCCCCCN(CCCCCCCCCCCCCCCCCCCC)Cn1nnc2ccccc21. The summed E-state index contributed by atoms with van der Waals surface area (Å²) in [6, 6.07) is 8.43. The van der Waals surface area contributed by atoms with Gasteiger partial charge in [0.1, 0.15) is 5.52 Å². The Morgan fingerprint density at radius 3 is 1.02 bits per heavy atom. The zero-order valence-electron chi connectivity index (χ0n) is 34.7. The van der Waals surface area contributed by atoms with E-state index in [1.165, 1.54) is 244 Å². The summed E-state index contributed by atoms with van der Waals surface area (Å²) in [6.45, 7) is 7.86. The molecule has 0 saturated carbocycles. The molecule has 2 aromatic rings. The Bertz CT molecular complexity index is 930. The number of nitrogens with zero attached hydrogens (tertiary/aromatic N) is 4. The molecule has 1 heterocycles. The van der Waals surface area contributed by atoms with E-state index >= 15 is 0 Å². The molecule has 4 heteroatoms. The lowest BCUT2D eigenvalue weighted by atomic mass is 10.0. The highest BCUT2D eigenvalue weighted by molar-refractivity contribution is 5.73. The highest BCUT2D eigenvalue weighted by Gasteiger charge is 2.10. The number of hydrogen-bond acceptors (Lipinski definition) is 3. The summed E-state index contributed by atoms with van der Waals surface area (Å²) in [5, 5.41) is 8.95. The van der Waals surface area contributed by atoms with Crippen LogP contribution >= 0.6 is 0 Å². The van der Waals surface area contributed by atoms with Gasteiger partial charge in [-0.25, -0.2) is 4.68 Å². The first-order chi connectivity index (χ1) is 25.3. The van der Waals surface area contributed by atoms with Crippen LogP contribution in [-0.4, -0.2) is 33.0 Å². The van der Waals surface area contributed by atoms with E-state index in [1.54, 1.807) is 0 Å². The highest BCUT2D eigenvalue weighted by Crippen LogP contribution is 2.17. The largest absolute Gasteiger partial charge is 0.284 e. The third-order valence-corrected chi connectivity index (χ3v) is 11.4. The monoisotopic (exact) mass is 709 g/mol. The van der Waals surface area contributed by atoms with Crippen LogP contribution in [0.25, 0.3) is 11.0 Å². The zero-order valence-corrected chi connectivity index (χ0v) is 34.7. The summed E-state index contributed by atoms with van der Waals surface area (Å²) >= 11 is 0. The summed E-state index contributed by atoms with van der Waals surface area (Å²) in [5.41, 5.74) is 2.18. The van der Waals surface area contributed by atoms with E-state index in [0.717, 1.165) is 17.7 Å². The number of fused-ring (bicyclic) bond motifs is 1. The second-order valence-electron chi connectivity index (χ2n) is 16.4.